The van der Waals surface area contributed by atoms with Crippen LogP contribution in [-0.4, -0.2) is 59.8 Å². The Bertz CT molecular complexity index is 1210. The van der Waals surface area contributed by atoms with Gasteiger partial charge in [0.2, 0.25) is 17.7 Å². The van der Waals surface area contributed by atoms with Crippen molar-refractivity contribution in [1.82, 2.24) is 10.6 Å². The zero-order valence-corrected chi connectivity index (χ0v) is 24.6. The Morgan fingerprint density at radius 1 is 1.07 bits per heavy atom. The van der Waals surface area contributed by atoms with Crippen LogP contribution in [0.15, 0.2) is 59.6 Å². The van der Waals surface area contributed by atoms with Crippen LogP contribution in [0, 0.1) is 10.1 Å². The van der Waals surface area contributed by atoms with Crippen molar-refractivity contribution in [3.63, 3.8) is 0 Å². The number of nitro benzene ring substituents is 1. The van der Waals surface area contributed by atoms with Crippen LogP contribution in [0.25, 0.3) is 0 Å². The van der Waals surface area contributed by atoms with Crippen LogP contribution in [0.3, 0.4) is 0 Å². The molecule has 1 aliphatic heterocycles. The van der Waals surface area contributed by atoms with E-state index in [9.17, 15) is 24.5 Å². The molecule has 0 bridgehead atoms. The maximum atomic E-state index is 13.9. The van der Waals surface area contributed by atoms with Gasteiger partial charge in [-0.15, -0.1) is 24.8 Å². The fraction of sp³-hybridized carbons (Fsp3) is 0.407. The van der Waals surface area contributed by atoms with E-state index < -0.39 is 40.8 Å². The SMILES string of the molecule is Cl.Cl.NC(N)=NCCCC(C(=O)NC(=O)C1CCCCN1)N(C(=O)C(N)Cc1ccccc1)c1ccc([N+](=O)[O-])cc1. The van der Waals surface area contributed by atoms with Crippen LogP contribution in [0.4, 0.5) is 11.4 Å². The highest BCUT2D eigenvalue weighted by molar-refractivity contribution is 6.07. The van der Waals surface area contributed by atoms with Gasteiger partial charge in [0.1, 0.15) is 6.04 Å². The van der Waals surface area contributed by atoms with E-state index in [4.69, 9.17) is 17.2 Å². The van der Waals surface area contributed by atoms with Crippen molar-refractivity contribution in [2.45, 2.75) is 56.7 Å². The number of benzene rings is 2. The Morgan fingerprint density at radius 2 is 1.74 bits per heavy atom. The number of hydrogen-bond donors (Lipinski definition) is 5. The number of nitrogens with zero attached hydrogens (tertiary/aromatic N) is 3. The molecule has 0 aliphatic carbocycles. The Kier molecular flexibility index (Phi) is 15.5. The van der Waals surface area contributed by atoms with Gasteiger partial charge in [0.15, 0.2) is 5.96 Å². The van der Waals surface area contributed by atoms with Crippen molar-refractivity contribution in [3.05, 3.63) is 70.3 Å². The number of halogens is 2. The first kappa shape index (κ1) is 36.2. The van der Waals surface area contributed by atoms with E-state index in [1.54, 1.807) is 0 Å². The lowest BCUT2D eigenvalue weighted by Gasteiger charge is -2.33. The molecule has 1 fully saturated rings. The fourth-order valence-electron chi connectivity index (χ4n) is 4.57. The summed E-state index contributed by atoms with van der Waals surface area (Å²) in [5, 5.41) is 16.8. The maximum absolute atomic E-state index is 13.9. The molecule has 8 N–H and O–H groups in total. The number of carbonyl (C=O) groups is 3. The van der Waals surface area contributed by atoms with E-state index >= 15 is 0 Å². The van der Waals surface area contributed by atoms with Gasteiger partial charge < -0.3 is 22.5 Å². The van der Waals surface area contributed by atoms with Crippen LogP contribution in [0.2, 0.25) is 0 Å². The minimum Gasteiger partial charge on any atom is -0.370 e. The summed E-state index contributed by atoms with van der Waals surface area (Å²) in [5.41, 5.74) is 18.1. The van der Waals surface area contributed by atoms with Gasteiger partial charge >= 0.3 is 0 Å². The molecule has 0 spiro atoms. The van der Waals surface area contributed by atoms with Crippen molar-refractivity contribution in [2.24, 2.45) is 22.2 Å². The Morgan fingerprint density at radius 3 is 2.31 bits per heavy atom. The number of non-ortho nitro benzene ring substituents is 1. The highest BCUT2D eigenvalue weighted by atomic mass is 35.5. The van der Waals surface area contributed by atoms with Gasteiger partial charge in [0.25, 0.3) is 5.69 Å². The summed E-state index contributed by atoms with van der Waals surface area (Å²) in [4.78, 5) is 56.2. The Hall–Kier alpha value is -3.78. The van der Waals surface area contributed by atoms with Crippen LogP contribution in [0.1, 0.15) is 37.7 Å². The third kappa shape index (κ3) is 10.6. The first-order valence-electron chi connectivity index (χ1n) is 13.2. The number of nitro groups is 1. The van der Waals surface area contributed by atoms with Crippen molar-refractivity contribution < 1.29 is 19.3 Å². The zero-order chi connectivity index (χ0) is 29.1. The first-order valence-corrected chi connectivity index (χ1v) is 13.2. The molecule has 1 heterocycles. The lowest BCUT2D eigenvalue weighted by Crippen LogP contribution is -2.58. The molecule has 3 amide bonds. The maximum Gasteiger partial charge on any atom is 0.269 e. The van der Waals surface area contributed by atoms with Crippen molar-refractivity contribution in [2.75, 3.05) is 18.0 Å². The van der Waals surface area contributed by atoms with Crippen molar-refractivity contribution >= 4 is 59.9 Å². The minimum absolute atomic E-state index is 0. The number of guanidine groups is 1. The summed E-state index contributed by atoms with van der Waals surface area (Å²) >= 11 is 0. The number of piperidine rings is 1. The molecule has 3 rings (SSSR count). The minimum atomic E-state index is -1.17. The average Bonchev–Trinajstić information content (AvgIpc) is 2.95. The number of carbonyl (C=O) groups excluding carboxylic acids is 3. The lowest BCUT2D eigenvalue weighted by atomic mass is 10.0. The highest BCUT2D eigenvalue weighted by Gasteiger charge is 2.35. The second kappa shape index (κ2) is 17.9. The van der Waals surface area contributed by atoms with E-state index in [1.807, 2.05) is 30.3 Å². The summed E-state index contributed by atoms with van der Waals surface area (Å²) < 4.78 is 0. The third-order valence-corrected chi connectivity index (χ3v) is 6.61. The van der Waals surface area contributed by atoms with Gasteiger partial charge in [-0.25, -0.2) is 0 Å². The van der Waals surface area contributed by atoms with Gasteiger partial charge in [0.05, 0.1) is 17.0 Å². The van der Waals surface area contributed by atoms with Gasteiger partial charge in [-0.2, -0.15) is 0 Å². The number of aliphatic imine (C=N–C) groups is 1. The Balaban J connectivity index is 0.00000441. The van der Waals surface area contributed by atoms with E-state index in [-0.39, 0.29) is 61.5 Å². The van der Waals surface area contributed by atoms with Gasteiger partial charge in [-0.3, -0.25) is 39.7 Å². The third-order valence-electron chi connectivity index (χ3n) is 6.61. The van der Waals surface area contributed by atoms with Gasteiger partial charge in [0, 0.05) is 24.4 Å². The Labute approximate surface area is 256 Å². The molecule has 1 saturated heterocycles. The molecular weight excluding hydrogens is 587 g/mol. The highest BCUT2D eigenvalue weighted by Crippen LogP contribution is 2.25. The summed E-state index contributed by atoms with van der Waals surface area (Å²) in [6.45, 7) is 0.846. The zero-order valence-electron chi connectivity index (χ0n) is 23.0. The van der Waals surface area contributed by atoms with E-state index in [0.29, 0.717) is 19.4 Å². The molecule has 1 aliphatic rings. The van der Waals surface area contributed by atoms with Crippen LogP contribution >= 0.6 is 24.8 Å². The fourth-order valence-corrected chi connectivity index (χ4v) is 4.57. The molecule has 3 unspecified atom stereocenters. The van der Waals surface area contributed by atoms with Crippen LogP contribution in [0.5, 0.6) is 0 Å². The van der Waals surface area contributed by atoms with Crippen molar-refractivity contribution in [3.8, 4) is 0 Å². The number of anilines is 1. The number of imide groups is 1. The summed E-state index contributed by atoms with van der Waals surface area (Å²) in [5.74, 6) is -1.88. The molecule has 2 aromatic rings. The number of nitrogens with two attached hydrogens (primary N) is 3. The first-order chi connectivity index (χ1) is 19.2. The number of hydrogen-bond acceptors (Lipinski definition) is 8. The molecular formula is C27H38Cl2N8O5. The molecule has 2 aromatic carbocycles. The van der Waals surface area contributed by atoms with E-state index in [1.165, 1.54) is 29.2 Å². The van der Waals surface area contributed by atoms with Gasteiger partial charge in [-0.1, -0.05) is 36.8 Å². The molecule has 0 saturated carbocycles. The van der Waals surface area contributed by atoms with Crippen LogP contribution in [-0.2, 0) is 20.8 Å². The summed E-state index contributed by atoms with van der Waals surface area (Å²) in [7, 11) is 0. The average molecular weight is 626 g/mol. The molecule has 3 atom stereocenters. The predicted octanol–water partition coefficient (Wildman–Crippen LogP) is 1.55. The van der Waals surface area contributed by atoms with Crippen LogP contribution < -0.4 is 32.7 Å². The second-order valence-corrected chi connectivity index (χ2v) is 9.60. The molecule has 0 radical (unpaired) electrons. The normalized spacial score (nSPS) is 15.5. The predicted molar refractivity (Wildman–Crippen MR) is 166 cm³/mol. The summed E-state index contributed by atoms with van der Waals surface area (Å²) in [6, 6.07) is 11.7. The van der Waals surface area contributed by atoms with Gasteiger partial charge in [-0.05, 0) is 56.3 Å². The molecule has 230 valence electrons. The van der Waals surface area contributed by atoms with E-state index in [2.05, 4.69) is 15.6 Å². The monoisotopic (exact) mass is 624 g/mol. The molecule has 42 heavy (non-hydrogen) atoms. The number of amides is 3. The summed E-state index contributed by atoms with van der Waals surface area (Å²) in [6.07, 6.45) is 2.96. The standard InChI is InChI=1S/C27H36N8O5.2ClH/c28-21(17-18-7-2-1-3-8-18)26(38)34(19-11-13-20(14-12-19)35(39)40)23(10-6-16-32-27(29)30)25(37)33-24(36)22-9-4-5-15-31-22;;/h1-3,7-8,11-14,21-23,31H,4-6,9-10,15-17,28H2,(H4,29,30,32)(H,33,36,37);2*1H. The number of rotatable bonds is 12. The number of nitrogens with one attached hydrogen (secondary N) is 2. The molecule has 0 aromatic heterocycles. The second-order valence-electron chi connectivity index (χ2n) is 9.60. The largest absolute Gasteiger partial charge is 0.370 e. The quantitative estimate of drug-likeness (QED) is 0.0760. The lowest BCUT2D eigenvalue weighted by molar-refractivity contribution is -0.384. The smallest absolute Gasteiger partial charge is 0.269 e. The van der Waals surface area contributed by atoms with E-state index in [0.717, 1.165) is 18.4 Å². The molecule has 13 nitrogen and oxygen atoms in total. The van der Waals surface area contributed by atoms with Crippen molar-refractivity contribution in [1.29, 1.82) is 0 Å². The topological polar surface area (TPSA) is 212 Å². The molecule has 15 heteroatoms.